The van der Waals surface area contributed by atoms with E-state index in [1.165, 1.54) is 9.35 Å². The zero-order valence-electron chi connectivity index (χ0n) is 12.4. The van der Waals surface area contributed by atoms with E-state index >= 15 is 0 Å². The first-order valence-electron chi connectivity index (χ1n) is 6.93. The maximum atomic E-state index is 6.26. The van der Waals surface area contributed by atoms with Gasteiger partial charge in [0.05, 0.1) is 11.2 Å². The van der Waals surface area contributed by atoms with Gasteiger partial charge in [0.2, 0.25) is 0 Å². The predicted octanol–water partition coefficient (Wildman–Crippen LogP) is 4.75. The van der Waals surface area contributed by atoms with Crippen LogP contribution in [0.2, 0.25) is 0 Å². The SMILES string of the molecule is CCNC(c1sccc1Br)C1CC(C)(C)OC1(C)C. The molecule has 0 aromatic carbocycles. The number of nitrogens with one attached hydrogen (secondary N) is 1. The monoisotopic (exact) mass is 345 g/mol. The first kappa shape index (κ1) is 15.5. The molecule has 1 aliphatic rings. The molecule has 1 aromatic rings. The Hall–Kier alpha value is 0.1000. The van der Waals surface area contributed by atoms with E-state index in [1.54, 1.807) is 0 Å². The van der Waals surface area contributed by atoms with Gasteiger partial charge in [0.15, 0.2) is 0 Å². The molecule has 4 heteroatoms. The molecule has 2 unspecified atom stereocenters. The van der Waals surface area contributed by atoms with Crippen LogP contribution in [0.4, 0.5) is 0 Å². The molecule has 1 aromatic heterocycles. The molecule has 0 radical (unpaired) electrons. The average molecular weight is 346 g/mol. The summed E-state index contributed by atoms with van der Waals surface area (Å²) >= 11 is 5.50. The van der Waals surface area contributed by atoms with Crippen molar-refractivity contribution in [2.24, 2.45) is 5.92 Å². The van der Waals surface area contributed by atoms with Crippen LogP contribution in [-0.4, -0.2) is 17.7 Å². The minimum atomic E-state index is -0.0975. The minimum Gasteiger partial charge on any atom is -0.369 e. The van der Waals surface area contributed by atoms with Crippen molar-refractivity contribution in [3.05, 3.63) is 20.8 Å². The molecule has 0 bridgehead atoms. The molecule has 108 valence electrons. The van der Waals surface area contributed by atoms with Crippen LogP contribution in [0.1, 0.15) is 52.0 Å². The Balaban J connectivity index is 2.32. The molecule has 2 rings (SSSR count). The number of thiophene rings is 1. The van der Waals surface area contributed by atoms with E-state index in [9.17, 15) is 0 Å². The van der Waals surface area contributed by atoms with Gasteiger partial charge in [0, 0.05) is 21.3 Å². The lowest BCUT2D eigenvalue weighted by Crippen LogP contribution is -2.38. The van der Waals surface area contributed by atoms with Crippen LogP contribution >= 0.6 is 27.3 Å². The Kier molecular flexibility index (Phi) is 4.46. The molecule has 2 atom stereocenters. The van der Waals surface area contributed by atoms with Gasteiger partial charge >= 0.3 is 0 Å². The first-order chi connectivity index (χ1) is 8.77. The van der Waals surface area contributed by atoms with Crippen LogP contribution in [-0.2, 0) is 4.74 Å². The molecular formula is C15H24BrNOS. The van der Waals surface area contributed by atoms with E-state index in [-0.39, 0.29) is 11.2 Å². The number of ether oxygens (including phenoxy) is 1. The Morgan fingerprint density at radius 2 is 2.16 bits per heavy atom. The van der Waals surface area contributed by atoms with Crippen molar-refractivity contribution in [2.75, 3.05) is 6.54 Å². The highest BCUT2D eigenvalue weighted by Gasteiger charge is 2.49. The van der Waals surface area contributed by atoms with E-state index in [4.69, 9.17) is 4.74 Å². The topological polar surface area (TPSA) is 21.3 Å². The van der Waals surface area contributed by atoms with Crippen molar-refractivity contribution in [3.8, 4) is 0 Å². The number of hydrogen-bond donors (Lipinski definition) is 1. The van der Waals surface area contributed by atoms with Crippen molar-refractivity contribution < 1.29 is 4.74 Å². The van der Waals surface area contributed by atoms with Gasteiger partial charge in [-0.05, 0) is 68.0 Å². The summed E-state index contributed by atoms with van der Waals surface area (Å²) < 4.78 is 7.48. The predicted molar refractivity (Wildman–Crippen MR) is 85.8 cm³/mol. The van der Waals surface area contributed by atoms with Crippen molar-refractivity contribution in [2.45, 2.75) is 58.3 Å². The maximum absolute atomic E-state index is 6.26. The Bertz CT molecular complexity index is 441. The summed E-state index contributed by atoms with van der Waals surface area (Å²) in [6, 6.07) is 2.49. The van der Waals surface area contributed by atoms with Gasteiger partial charge < -0.3 is 10.1 Å². The molecular weight excluding hydrogens is 322 g/mol. The van der Waals surface area contributed by atoms with Crippen LogP contribution in [0, 0.1) is 5.92 Å². The zero-order chi connectivity index (χ0) is 14.3. The normalized spacial score (nSPS) is 26.5. The largest absolute Gasteiger partial charge is 0.369 e. The van der Waals surface area contributed by atoms with Crippen molar-refractivity contribution in [3.63, 3.8) is 0 Å². The van der Waals surface area contributed by atoms with Crippen LogP contribution in [0.15, 0.2) is 15.9 Å². The van der Waals surface area contributed by atoms with Crippen molar-refractivity contribution in [1.29, 1.82) is 0 Å². The molecule has 0 aliphatic carbocycles. The summed E-state index contributed by atoms with van der Waals surface area (Å²) in [5.41, 5.74) is -0.134. The molecule has 0 amide bonds. The highest BCUT2D eigenvalue weighted by atomic mass is 79.9. The van der Waals surface area contributed by atoms with Crippen LogP contribution in [0.3, 0.4) is 0 Å². The number of rotatable bonds is 4. The lowest BCUT2D eigenvalue weighted by atomic mass is 9.81. The van der Waals surface area contributed by atoms with Gasteiger partial charge in [-0.3, -0.25) is 0 Å². The Morgan fingerprint density at radius 1 is 1.47 bits per heavy atom. The smallest absolute Gasteiger partial charge is 0.0681 e. The second-order valence-electron chi connectivity index (χ2n) is 6.44. The van der Waals surface area contributed by atoms with Gasteiger partial charge in [-0.25, -0.2) is 0 Å². The van der Waals surface area contributed by atoms with Crippen LogP contribution in [0.5, 0.6) is 0 Å². The summed E-state index contributed by atoms with van der Waals surface area (Å²) in [6.07, 6.45) is 1.09. The molecule has 2 heterocycles. The second-order valence-corrected chi connectivity index (χ2v) is 8.25. The highest BCUT2D eigenvalue weighted by molar-refractivity contribution is 9.10. The van der Waals surface area contributed by atoms with Gasteiger partial charge in [-0.15, -0.1) is 11.3 Å². The summed E-state index contributed by atoms with van der Waals surface area (Å²) in [5.74, 6) is 0.484. The quantitative estimate of drug-likeness (QED) is 0.849. The minimum absolute atomic E-state index is 0.0361. The summed E-state index contributed by atoms with van der Waals surface area (Å²) in [5, 5.41) is 5.81. The fourth-order valence-electron chi connectivity index (χ4n) is 3.29. The number of hydrogen-bond acceptors (Lipinski definition) is 3. The zero-order valence-corrected chi connectivity index (χ0v) is 14.8. The standard InChI is InChI=1S/C15H24BrNOS/c1-6-17-12(13-11(16)7-8-19-13)10-9-14(2,3)18-15(10,4)5/h7-8,10,12,17H,6,9H2,1-5H3. The molecule has 2 nitrogen and oxygen atoms in total. The van der Waals surface area contributed by atoms with Crippen LogP contribution < -0.4 is 5.32 Å². The van der Waals surface area contributed by atoms with Crippen molar-refractivity contribution in [1.82, 2.24) is 5.32 Å². The van der Waals surface area contributed by atoms with Gasteiger partial charge in [0.1, 0.15) is 0 Å². The average Bonchev–Trinajstić information content (AvgIpc) is 2.76. The molecule has 1 saturated heterocycles. The van der Waals surface area contributed by atoms with E-state index in [0.717, 1.165) is 13.0 Å². The molecule has 1 aliphatic heterocycles. The fourth-order valence-corrected chi connectivity index (χ4v) is 5.05. The van der Waals surface area contributed by atoms with Gasteiger partial charge in [-0.1, -0.05) is 6.92 Å². The number of halogens is 1. The van der Waals surface area contributed by atoms with Crippen LogP contribution in [0.25, 0.3) is 0 Å². The third-order valence-electron chi connectivity index (χ3n) is 3.90. The summed E-state index contributed by atoms with van der Waals surface area (Å²) in [4.78, 5) is 1.39. The Labute approximate surface area is 129 Å². The second kappa shape index (κ2) is 5.47. The molecule has 19 heavy (non-hydrogen) atoms. The molecule has 0 saturated carbocycles. The fraction of sp³-hybridized carbons (Fsp3) is 0.733. The first-order valence-corrected chi connectivity index (χ1v) is 8.60. The van der Waals surface area contributed by atoms with E-state index < -0.39 is 0 Å². The van der Waals surface area contributed by atoms with E-state index in [0.29, 0.717) is 12.0 Å². The van der Waals surface area contributed by atoms with Gasteiger partial charge in [0.25, 0.3) is 0 Å². The van der Waals surface area contributed by atoms with Crippen molar-refractivity contribution >= 4 is 27.3 Å². The third-order valence-corrected chi connectivity index (χ3v) is 5.85. The van der Waals surface area contributed by atoms with E-state index in [2.05, 4.69) is 67.3 Å². The molecule has 0 spiro atoms. The molecule has 1 N–H and O–H groups in total. The summed E-state index contributed by atoms with van der Waals surface area (Å²) in [7, 11) is 0. The third kappa shape index (κ3) is 3.23. The molecule has 1 fully saturated rings. The lowest BCUT2D eigenvalue weighted by Gasteiger charge is -2.33. The van der Waals surface area contributed by atoms with E-state index in [1.807, 2.05) is 11.3 Å². The maximum Gasteiger partial charge on any atom is 0.0681 e. The highest BCUT2D eigenvalue weighted by Crippen LogP contribution is 2.49. The summed E-state index contributed by atoms with van der Waals surface area (Å²) in [6.45, 7) is 12.0. The Morgan fingerprint density at radius 3 is 2.58 bits per heavy atom. The van der Waals surface area contributed by atoms with Gasteiger partial charge in [-0.2, -0.15) is 0 Å². The lowest BCUT2D eigenvalue weighted by molar-refractivity contribution is -0.0777.